The fourth-order valence-electron chi connectivity index (χ4n) is 5.82. The minimum Gasteiger partial charge on any atom is -0.454 e. The van der Waals surface area contributed by atoms with Crippen LogP contribution in [0.5, 0.6) is 0 Å². The molecular weight excluding hydrogens is 780 g/mol. The van der Waals surface area contributed by atoms with Crippen LogP contribution in [-0.4, -0.2) is 44.8 Å². The Bertz CT molecular complexity index is 1810. The Labute approximate surface area is 283 Å². The monoisotopic (exact) mass is 800 g/mol. The van der Waals surface area contributed by atoms with E-state index >= 15 is 0 Å². The first-order valence-electron chi connectivity index (χ1n) is 13.9. The first-order valence-corrected chi connectivity index (χ1v) is 16.9. The third kappa shape index (κ3) is 5.66. The standard InChI is InChI=1S/C33H24Br3ClN2O5/c1-16-29(37)26(36)11-20-23(33(43)44-15-28(40)18-5-3-2-4-6-18)14-27(38-30(16)20)17-7-9-19(10-8-17)39-31(41)21-12-24(34)25(35)13-22(21)32(39)42/h2-11,14,21-22,24-25H,12-13,15H2,1H3. The van der Waals surface area contributed by atoms with E-state index in [1.165, 1.54) is 4.90 Å². The Kier molecular flexibility index (Phi) is 8.80. The van der Waals surface area contributed by atoms with E-state index in [1.807, 2.05) is 6.92 Å². The first kappa shape index (κ1) is 31.1. The van der Waals surface area contributed by atoms with E-state index in [2.05, 4.69) is 47.8 Å². The van der Waals surface area contributed by atoms with Crippen LogP contribution in [-0.2, 0) is 14.3 Å². The van der Waals surface area contributed by atoms with E-state index in [4.69, 9.17) is 21.3 Å². The molecule has 2 amide bonds. The Balaban J connectivity index is 1.33. The van der Waals surface area contributed by atoms with Gasteiger partial charge in [0.1, 0.15) is 0 Å². The van der Waals surface area contributed by atoms with Gasteiger partial charge in [-0.15, -0.1) is 0 Å². The number of pyridine rings is 1. The number of benzene rings is 3. The van der Waals surface area contributed by atoms with Crippen molar-refractivity contribution in [3.8, 4) is 11.3 Å². The lowest BCUT2D eigenvalue weighted by molar-refractivity contribution is -0.122. The van der Waals surface area contributed by atoms with Crippen LogP contribution in [0.15, 0.2) is 71.2 Å². The summed E-state index contributed by atoms with van der Waals surface area (Å²) in [7, 11) is 0. The average molecular weight is 804 g/mol. The molecule has 11 heteroatoms. The third-order valence-electron chi connectivity index (χ3n) is 8.21. The van der Waals surface area contributed by atoms with Gasteiger partial charge in [0.2, 0.25) is 11.8 Å². The summed E-state index contributed by atoms with van der Waals surface area (Å²) >= 11 is 17.2. The van der Waals surface area contributed by atoms with Gasteiger partial charge < -0.3 is 4.74 Å². The number of halogens is 4. The van der Waals surface area contributed by atoms with Gasteiger partial charge in [0.05, 0.1) is 39.3 Å². The van der Waals surface area contributed by atoms with Crippen molar-refractivity contribution in [3.63, 3.8) is 0 Å². The lowest BCUT2D eigenvalue weighted by Gasteiger charge is -2.29. The summed E-state index contributed by atoms with van der Waals surface area (Å²) < 4.78 is 6.07. The number of imide groups is 1. The molecule has 0 radical (unpaired) electrons. The normalized spacial score (nSPS) is 21.4. The summed E-state index contributed by atoms with van der Waals surface area (Å²) in [5.74, 6) is -2.08. The van der Waals surface area contributed by atoms with Crippen molar-refractivity contribution in [1.82, 2.24) is 4.98 Å². The van der Waals surface area contributed by atoms with Crippen molar-refractivity contribution in [2.45, 2.75) is 29.4 Å². The maximum Gasteiger partial charge on any atom is 0.339 e. The van der Waals surface area contributed by atoms with E-state index in [1.54, 1.807) is 66.7 Å². The maximum absolute atomic E-state index is 13.4. The molecule has 1 aliphatic carbocycles. The van der Waals surface area contributed by atoms with Crippen LogP contribution < -0.4 is 4.90 Å². The number of ether oxygens (including phenoxy) is 1. The zero-order valence-corrected chi connectivity index (χ0v) is 28.7. The number of rotatable bonds is 6. The molecule has 1 aliphatic heterocycles. The summed E-state index contributed by atoms with van der Waals surface area (Å²) in [6, 6.07) is 18.9. The maximum atomic E-state index is 13.4. The minimum atomic E-state index is -0.681. The number of Topliss-reactive ketones (excluding diaryl/α,β-unsaturated/α-hetero) is 1. The number of esters is 1. The van der Waals surface area contributed by atoms with E-state index < -0.39 is 12.6 Å². The van der Waals surface area contributed by atoms with Crippen LogP contribution in [0, 0.1) is 18.8 Å². The van der Waals surface area contributed by atoms with Gasteiger partial charge in [-0.3, -0.25) is 19.3 Å². The molecule has 4 atom stereocenters. The molecule has 1 saturated heterocycles. The second kappa shape index (κ2) is 12.5. The number of carbonyl (C=O) groups is 4. The second-order valence-corrected chi connectivity index (χ2v) is 14.5. The minimum absolute atomic E-state index is 0.122. The number of fused-ring (bicyclic) bond motifs is 2. The quantitative estimate of drug-likeness (QED) is 0.0848. The van der Waals surface area contributed by atoms with Gasteiger partial charge in [0, 0.05) is 30.6 Å². The average Bonchev–Trinajstić information content (AvgIpc) is 3.26. The summed E-state index contributed by atoms with van der Waals surface area (Å²) in [5.41, 5.74) is 3.43. The Hall–Kier alpha value is -2.92. The zero-order valence-electron chi connectivity index (χ0n) is 23.2. The molecule has 7 nitrogen and oxygen atoms in total. The SMILES string of the molecule is Cc1c(Cl)c(Br)cc2c(C(=O)OCC(=O)c3ccccc3)cc(-c3ccc(N4C(=O)C5CC(Br)C(Br)CC5C4=O)cc3)nc12. The van der Waals surface area contributed by atoms with Crippen molar-refractivity contribution in [1.29, 1.82) is 0 Å². The predicted octanol–water partition coefficient (Wildman–Crippen LogP) is 8.09. The molecule has 2 heterocycles. The van der Waals surface area contributed by atoms with Crippen LogP contribution in [0.3, 0.4) is 0 Å². The fraction of sp³-hybridized carbons (Fsp3) is 0.242. The highest BCUT2D eigenvalue weighted by atomic mass is 79.9. The van der Waals surface area contributed by atoms with Crippen LogP contribution in [0.4, 0.5) is 5.69 Å². The van der Waals surface area contributed by atoms with Gasteiger partial charge in [-0.05, 0) is 65.5 Å². The highest BCUT2D eigenvalue weighted by molar-refractivity contribution is 9.12. The lowest BCUT2D eigenvalue weighted by atomic mass is 9.81. The molecule has 44 heavy (non-hydrogen) atoms. The number of nitrogens with zero attached hydrogens (tertiary/aromatic N) is 2. The van der Waals surface area contributed by atoms with E-state index in [0.717, 1.165) is 0 Å². The lowest BCUT2D eigenvalue weighted by Crippen LogP contribution is -2.34. The number of amides is 2. The smallest absolute Gasteiger partial charge is 0.339 e. The van der Waals surface area contributed by atoms with Crippen LogP contribution in [0.1, 0.15) is 39.1 Å². The van der Waals surface area contributed by atoms with Crippen molar-refractivity contribution < 1.29 is 23.9 Å². The topological polar surface area (TPSA) is 93.6 Å². The van der Waals surface area contributed by atoms with Crippen molar-refractivity contribution in [2.24, 2.45) is 11.8 Å². The molecule has 1 saturated carbocycles. The van der Waals surface area contributed by atoms with Gasteiger partial charge in [-0.2, -0.15) is 0 Å². The van der Waals surface area contributed by atoms with Gasteiger partial charge >= 0.3 is 5.97 Å². The molecule has 3 aromatic carbocycles. The van der Waals surface area contributed by atoms with E-state index in [-0.39, 0.29) is 44.7 Å². The Morgan fingerprint density at radius 2 is 1.57 bits per heavy atom. The number of carbonyl (C=O) groups excluding carboxylic acids is 4. The van der Waals surface area contributed by atoms with Crippen molar-refractivity contribution in [3.05, 3.63) is 92.9 Å². The number of aryl methyl sites for hydroxylation is 1. The molecule has 2 fully saturated rings. The summed E-state index contributed by atoms with van der Waals surface area (Å²) in [4.78, 5) is 59.0. The van der Waals surface area contributed by atoms with Gasteiger partial charge in [0.25, 0.3) is 0 Å². The summed E-state index contributed by atoms with van der Waals surface area (Å²) in [5, 5.41) is 0.974. The fourth-order valence-corrected chi connectivity index (χ4v) is 7.73. The zero-order chi connectivity index (χ0) is 31.3. The van der Waals surface area contributed by atoms with Gasteiger partial charge in [-0.25, -0.2) is 9.78 Å². The molecule has 0 spiro atoms. The molecule has 4 unspecified atom stereocenters. The number of aromatic nitrogens is 1. The second-order valence-electron chi connectivity index (χ2n) is 10.9. The van der Waals surface area contributed by atoms with Crippen molar-refractivity contribution in [2.75, 3.05) is 11.5 Å². The van der Waals surface area contributed by atoms with Crippen LogP contribution in [0.2, 0.25) is 5.02 Å². The molecule has 4 aromatic rings. The molecule has 0 N–H and O–H groups in total. The van der Waals surface area contributed by atoms with Gasteiger partial charge in [0.15, 0.2) is 12.4 Å². The van der Waals surface area contributed by atoms with Crippen LogP contribution in [0.25, 0.3) is 22.2 Å². The molecule has 224 valence electrons. The summed E-state index contributed by atoms with van der Waals surface area (Å²) in [6.07, 6.45) is 1.18. The summed E-state index contributed by atoms with van der Waals surface area (Å²) in [6.45, 7) is 1.39. The van der Waals surface area contributed by atoms with Crippen LogP contribution >= 0.6 is 59.4 Å². The number of ketones is 1. The van der Waals surface area contributed by atoms with Gasteiger partial charge in [-0.1, -0.05) is 85.9 Å². The van der Waals surface area contributed by atoms with Crippen molar-refractivity contribution >= 4 is 99.5 Å². The highest BCUT2D eigenvalue weighted by Crippen LogP contribution is 2.44. The third-order valence-corrected chi connectivity index (χ3v) is 12.3. The number of alkyl halides is 2. The first-order chi connectivity index (χ1) is 21.0. The number of anilines is 1. The molecule has 6 rings (SSSR count). The Morgan fingerprint density at radius 1 is 0.955 bits per heavy atom. The largest absolute Gasteiger partial charge is 0.454 e. The molecule has 2 aliphatic rings. The van der Waals surface area contributed by atoms with E-state index in [0.29, 0.717) is 61.3 Å². The molecular formula is C33H24Br3ClN2O5. The predicted molar refractivity (Wildman–Crippen MR) is 180 cm³/mol. The number of hydrogen-bond donors (Lipinski definition) is 0. The van der Waals surface area contributed by atoms with E-state index in [9.17, 15) is 19.2 Å². The molecule has 1 aromatic heterocycles. The molecule has 0 bridgehead atoms. The number of hydrogen-bond acceptors (Lipinski definition) is 6. The Morgan fingerprint density at radius 3 is 2.18 bits per heavy atom. The highest BCUT2D eigenvalue weighted by Gasteiger charge is 2.52.